The van der Waals surface area contributed by atoms with Crippen molar-refractivity contribution >= 4 is 11.4 Å². The van der Waals surface area contributed by atoms with Gasteiger partial charge in [-0.15, -0.1) is 0 Å². The molecule has 2 N–H and O–H groups in total. The lowest BCUT2D eigenvalue weighted by Crippen LogP contribution is -2.49. The fourth-order valence-corrected chi connectivity index (χ4v) is 2.14. The summed E-state index contributed by atoms with van der Waals surface area (Å²) in [6.45, 7) is 15.6. The Morgan fingerprint density at radius 1 is 0.765 bits per heavy atom. The molecule has 0 aliphatic carbocycles. The molecule has 0 aromatic heterocycles. The second-order valence-electron chi connectivity index (χ2n) is 6.26. The monoisotopic (exact) mass is 240 g/mol. The molecule has 0 aliphatic heterocycles. The second-order valence-corrected chi connectivity index (χ2v) is 6.26. The molecule has 100 valence electrons. The average Bonchev–Trinajstić information content (AvgIpc) is 2.13. The zero-order chi connectivity index (χ0) is 14.0. The molecular formula is C14H28N2O. The van der Waals surface area contributed by atoms with E-state index in [-0.39, 0.29) is 11.8 Å². The summed E-state index contributed by atoms with van der Waals surface area (Å²) in [4.78, 5) is 0. The largest absolute Gasteiger partial charge is 0.358 e. The van der Waals surface area contributed by atoms with Crippen LogP contribution in [0.3, 0.4) is 0 Å². The molecule has 0 spiro atoms. The van der Waals surface area contributed by atoms with Gasteiger partial charge in [0.2, 0.25) is 0 Å². The van der Waals surface area contributed by atoms with Gasteiger partial charge in [0.1, 0.15) is 11.2 Å². The molecule has 3 heteroatoms. The number of hydrogen-bond acceptors (Lipinski definition) is 3. The SMILES string of the molecule is CC(C)C(=N)C(C)(C)OC(C)(C)C(=N)C(C)C. The quantitative estimate of drug-likeness (QED) is 0.679. The number of nitrogens with one attached hydrogen (secondary N) is 2. The third kappa shape index (κ3) is 4.23. The van der Waals surface area contributed by atoms with Gasteiger partial charge in [-0.1, -0.05) is 27.7 Å². The molecule has 0 bridgehead atoms. The first-order chi connectivity index (χ1) is 7.42. The van der Waals surface area contributed by atoms with Crippen LogP contribution in [0, 0.1) is 22.7 Å². The minimum absolute atomic E-state index is 0.161. The summed E-state index contributed by atoms with van der Waals surface area (Å²) in [6.07, 6.45) is 0. The maximum atomic E-state index is 8.08. The first kappa shape index (κ1) is 16.3. The van der Waals surface area contributed by atoms with Crippen molar-refractivity contribution in [3.8, 4) is 0 Å². The summed E-state index contributed by atoms with van der Waals surface area (Å²) >= 11 is 0. The topological polar surface area (TPSA) is 56.9 Å². The van der Waals surface area contributed by atoms with Gasteiger partial charge in [-0.3, -0.25) is 0 Å². The smallest absolute Gasteiger partial charge is 0.101 e. The highest BCUT2D eigenvalue weighted by atomic mass is 16.5. The molecule has 17 heavy (non-hydrogen) atoms. The van der Waals surface area contributed by atoms with Crippen molar-refractivity contribution in [2.24, 2.45) is 11.8 Å². The van der Waals surface area contributed by atoms with E-state index in [1.54, 1.807) is 0 Å². The van der Waals surface area contributed by atoms with Crippen molar-refractivity contribution in [2.45, 2.75) is 66.6 Å². The minimum atomic E-state index is -0.626. The van der Waals surface area contributed by atoms with Crippen LogP contribution in [0.25, 0.3) is 0 Å². The summed E-state index contributed by atoms with van der Waals surface area (Å²) in [7, 11) is 0. The Bertz CT molecular complexity index is 271. The molecule has 0 radical (unpaired) electrons. The molecule has 0 unspecified atom stereocenters. The molecule has 0 saturated heterocycles. The number of ether oxygens (including phenoxy) is 1. The Kier molecular flexibility index (Phi) is 5.08. The summed E-state index contributed by atoms with van der Waals surface area (Å²) < 4.78 is 6.02. The van der Waals surface area contributed by atoms with Crippen LogP contribution < -0.4 is 0 Å². The van der Waals surface area contributed by atoms with Crippen molar-refractivity contribution < 1.29 is 4.74 Å². The van der Waals surface area contributed by atoms with Crippen molar-refractivity contribution in [2.75, 3.05) is 0 Å². The molecule has 0 saturated carbocycles. The van der Waals surface area contributed by atoms with Crippen LogP contribution in [0.1, 0.15) is 55.4 Å². The molecule has 0 aliphatic rings. The molecule has 3 nitrogen and oxygen atoms in total. The summed E-state index contributed by atoms with van der Waals surface area (Å²) in [5.74, 6) is 0.322. The zero-order valence-corrected chi connectivity index (χ0v) is 12.6. The summed E-state index contributed by atoms with van der Waals surface area (Å²) in [5.41, 5.74) is -0.109. The molecule has 0 amide bonds. The standard InChI is InChI=1S/C14H28N2O/c1-9(2)11(15)13(5,6)17-14(7,8)12(16)10(3)4/h9-10,15-16H,1-8H3. The highest BCUT2D eigenvalue weighted by molar-refractivity contribution is 5.93. The molecule has 0 aromatic carbocycles. The molecule has 0 atom stereocenters. The first-order valence-corrected chi connectivity index (χ1v) is 6.29. The van der Waals surface area contributed by atoms with Crippen LogP contribution in [0.5, 0.6) is 0 Å². The van der Waals surface area contributed by atoms with Gasteiger partial charge in [0, 0.05) is 11.4 Å². The Hall–Kier alpha value is -0.700. The van der Waals surface area contributed by atoms with E-state index in [1.165, 1.54) is 0 Å². The van der Waals surface area contributed by atoms with Crippen molar-refractivity contribution in [3.63, 3.8) is 0 Å². The fraction of sp³-hybridized carbons (Fsp3) is 0.857. The Morgan fingerprint density at radius 3 is 1.18 bits per heavy atom. The Labute approximate surface area is 106 Å². The fourth-order valence-electron chi connectivity index (χ4n) is 2.14. The first-order valence-electron chi connectivity index (χ1n) is 6.29. The normalized spacial score (nSPS) is 13.3. The average molecular weight is 240 g/mol. The van der Waals surface area contributed by atoms with E-state index in [0.717, 1.165) is 0 Å². The summed E-state index contributed by atoms with van der Waals surface area (Å²) in [5, 5.41) is 16.2. The molecule has 0 rings (SSSR count). The van der Waals surface area contributed by atoms with Gasteiger partial charge in [0.25, 0.3) is 0 Å². The van der Waals surface area contributed by atoms with Crippen LogP contribution in [0.2, 0.25) is 0 Å². The van der Waals surface area contributed by atoms with Gasteiger partial charge >= 0.3 is 0 Å². The van der Waals surface area contributed by atoms with E-state index in [4.69, 9.17) is 15.6 Å². The lowest BCUT2D eigenvalue weighted by molar-refractivity contribution is -0.0497. The van der Waals surface area contributed by atoms with Crippen LogP contribution in [-0.4, -0.2) is 22.6 Å². The predicted octanol–water partition coefficient (Wildman–Crippen LogP) is 3.91. The molecule has 0 aromatic rings. The van der Waals surface area contributed by atoms with E-state index in [9.17, 15) is 0 Å². The maximum Gasteiger partial charge on any atom is 0.101 e. The van der Waals surface area contributed by atoms with Crippen LogP contribution in [0.4, 0.5) is 0 Å². The van der Waals surface area contributed by atoms with Gasteiger partial charge in [-0.2, -0.15) is 0 Å². The predicted molar refractivity (Wildman–Crippen MR) is 74.4 cm³/mol. The highest BCUT2D eigenvalue weighted by Crippen LogP contribution is 2.26. The van der Waals surface area contributed by atoms with Crippen LogP contribution in [0.15, 0.2) is 0 Å². The maximum absolute atomic E-state index is 8.08. The Morgan fingerprint density at radius 2 is 1.00 bits per heavy atom. The third-order valence-electron chi connectivity index (χ3n) is 2.96. The van der Waals surface area contributed by atoms with Gasteiger partial charge < -0.3 is 15.6 Å². The van der Waals surface area contributed by atoms with E-state index < -0.39 is 11.2 Å². The van der Waals surface area contributed by atoms with Crippen LogP contribution >= 0.6 is 0 Å². The van der Waals surface area contributed by atoms with E-state index in [2.05, 4.69) is 0 Å². The van der Waals surface area contributed by atoms with Gasteiger partial charge in [-0.05, 0) is 39.5 Å². The van der Waals surface area contributed by atoms with Crippen LogP contribution in [-0.2, 0) is 4.74 Å². The van der Waals surface area contributed by atoms with E-state index in [1.807, 2.05) is 55.4 Å². The molecule has 0 fully saturated rings. The lowest BCUT2D eigenvalue weighted by Gasteiger charge is -2.38. The van der Waals surface area contributed by atoms with E-state index >= 15 is 0 Å². The molecule has 0 heterocycles. The second kappa shape index (κ2) is 5.30. The van der Waals surface area contributed by atoms with Gasteiger partial charge in [0.05, 0.1) is 0 Å². The highest BCUT2D eigenvalue weighted by Gasteiger charge is 2.36. The van der Waals surface area contributed by atoms with Crippen molar-refractivity contribution in [1.29, 1.82) is 10.8 Å². The Balaban J connectivity index is 4.94. The lowest BCUT2D eigenvalue weighted by atomic mass is 9.89. The van der Waals surface area contributed by atoms with E-state index in [0.29, 0.717) is 11.4 Å². The van der Waals surface area contributed by atoms with Gasteiger partial charge in [-0.25, -0.2) is 0 Å². The van der Waals surface area contributed by atoms with Crippen molar-refractivity contribution in [3.05, 3.63) is 0 Å². The zero-order valence-electron chi connectivity index (χ0n) is 12.6. The third-order valence-corrected chi connectivity index (χ3v) is 2.96. The molecular weight excluding hydrogens is 212 g/mol. The minimum Gasteiger partial charge on any atom is -0.358 e. The number of hydrogen-bond donors (Lipinski definition) is 2. The number of rotatable bonds is 6. The van der Waals surface area contributed by atoms with Crippen molar-refractivity contribution in [1.82, 2.24) is 0 Å². The van der Waals surface area contributed by atoms with Gasteiger partial charge in [0.15, 0.2) is 0 Å². The summed E-state index contributed by atoms with van der Waals surface area (Å²) in [6, 6.07) is 0.